The monoisotopic (exact) mass is 416 g/mol. The first-order valence-corrected chi connectivity index (χ1v) is 11.0. The predicted octanol–water partition coefficient (Wildman–Crippen LogP) is 3.93. The van der Waals surface area contributed by atoms with E-state index in [4.69, 9.17) is 0 Å². The molecule has 6 nitrogen and oxygen atoms in total. The summed E-state index contributed by atoms with van der Waals surface area (Å²) >= 11 is 0. The van der Waals surface area contributed by atoms with Gasteiger partial charge >= 0.3 is 0 Å². The average molecular weight is 417 g/mol. The lowest BCUT2D eigenvalue weighted by molar-refractivity contribution is 0.137. The van der Waals surface area contributed by atoms with Gasteiger partial charge in [-0.3, -0.25) is 9.80 Å². The Hall–Kier alpha value is -2.83. The van der Waals surface area contributed by atoms with Crippen molar-refractivity contribution in [3.05, 3.63) is 71.8 Å². The van der Waals surface area contributed by atoms with Crippen LogP contribution >= 0.6 is 0 Å². The summed E-state index contributed by atoms with van der Waals surface area (Å²) in [6, 6.07) is 19.0. The number of nitrogens with zero attached hydrogens (tertiary/aromatic N) is 6. The highest BCUT2D eigenvalue weighted by Crippen LogP contribution is 2.26. The zero-order valence-corrected chi connectivity index (χ0v) is 18.8. The van der Waals surface area contributed by atoms with E-state index >= 15 is 0 Å². The van der Waals surface area contributed by atoms with Gasteiger partial charge in [-0.1, -0.05) is 66.7 Å². The Balaban J connectivity index is 1.37. The number of piperazine rings is 1. The Bertz CT molecular complexity index is 994. The van der Waals surface area contributed by atoms with Crippen LogP contribution in [0.2, 0.25) is 0 Å². The van der Waals surface area contributed by atoms with Gasteiger partial charge in [-0.15, -0.1) is 5.10 Å². The standard InChI is InChI=1S/C25H32N6/c1-25(2,3)31-24(26-27-28-31)23-14-8-7-13-22(23)20-30-18-16-29(17-19-30)15-9-12-21-10-5-4-6-11-21/h4-14H,15-20H2,1-3H3. The van der Waals surface area contributed by atoms with Crippen LogP contribution in [0.3, 0.4) is 0 Å². The van der Waals surface area contributed by atoms with E-state index in [1.165, 1.54) is 11.1 Å². The van der Waals surface area contributed by atoms with Gasteiger partial charge in [0.2, 0.25) is 0 Å². The molecular formula is C25H32N6. The maximum atomic E-state index is 4.34. The van der Waals surface area contributed by atoms with Gasteiger partial charge in [0.05, 0.1) is 5.54 Å². The van der Waals surface area contributed by atoms with Crippen molar-refractivity contribution in [2.75, 3.05) is 32.7 Å². The molecule has 1 saturated heterocycles. The summed E-state index contributed by atoms with van der Waals surface area (Å²) in [6.45, 7) is 12.6. The predicted molar refractivity (Wildman–Crippen MR) is 125 cm³/mol. The molecule has 0 atom stereocenters. The number of rotatable bonds is 6. The number of tetrazole rings is 1. The molecule has 3 aromatic rings. The molecule has 0 radical (unpaired) electrons. The SMILES string of the molecule is CC(C)(C)n1nnnc1-c1ccccc1CN1CCN(CC=Cc2ccccc2)CC1. The Morgan fingerprint density at radius 2 is 1.55 bits per heavy atom. The van der Waals surface area contributed by atoms with E-state index in [0.717, 1.165) is 50.7 Å². The molecule has 2 heterocycles. The average Bonchev–Trinajstić information content (AvgIpc) is 3.27. The first kappa shape index (κ1) is 21.4. The summed E-state index contributed by atoms with van der Waals surface area (Å²) in [5.41, 5.74) is 3.50. The minimum Gasteiger partial charge on any atom is -0.297 e. The molecule has 1 aromatic heterocycles. The first-order chi connectivity index (χ1) is 15.0. The van der Waals surface area contributed by atoms with Crippen molar-refractivity contribution in [1.29, 1.82) is 0 Å². The molecule has 31 heavy (non-hydrogen) atoms. The molecule has 162 valence electrons. The van der Waals surface area contributed by atoms with Gasteiger partial charge in [0.15, 0.2) is 5.82 Å². The van der Waals surface area contributed by atoms with E-state index < -0.39 is 0 Å². The second kappa shape index (κ2) is 9.54. The van der Waals surface area contributed by atoms with Crippen LogP contribution in [-0.4, -0.2) is 62.7 Å². The minimum absolute atomic E-state index is 0.162. The topological polar surface area (TPSA) is 50.1 Å². The fourth-order valence-corrected chi connectivity index (χ4v) is 3.96. The van der Waals surface area contributed by atoms with Gasteiger partial charge in [0, 0.05) is 44.8 Å². The number of benzene rings is 2. The molecule has 0 spiro atoms. The van der Waals surface area contributed by atoms with E-state index in [1.54, 1.807) is 0 Å². The van der Waals surface area contributed by atoms with Crippen LogP contribution in [0.25, 0.3) is 17.5 Å². The molecule has 1 aliphatic rings. The van der Waals surface area contributed by atoms with E-state index in [-0.39, 0.29) is 5.54 Å². The van der Waals surface area contributed by atoms with E-state index in [2.05, 4.69) is 113 Å². The largest absolute Gasteiger partial charge is 0.297 e. The van der Waals surface area contributed by atoms with Gasteiger partial charge in [-0.2, -0.15) is 0 Å². The number of aromatic nitrogens is 4. The van der Waals surface area contributed by atoms with Gasteiger partial charge in [-0.25, -0.2) is 4.68 Å². The van der Waals surface area contributed by atoms with Gasteiger partial charge in [0.25, 0.3) is 0 Å². The molecule has 0 aliphatic carbocycles. The molecular weight excluding hydrogens is 384 g/mol. The zero-order chi connectivity index (χ0) is 21.7. The highest BCUT2D eigenvalue weighted by molar-refractivity contribution is 5.60. The van der Waals surface area contributed by atoms with Gasteiger partial charge in [0.1, 0.15) is 0 Å². The molecule has 0 bridgehead atoms. The number of hydrogen-bond acceptors (Lipinski definition) is 5. The summed E-state index contributed by atoms with van der Waals surface area (Å²) in [5.74, 6) is 0.841. The lowest BCUT2D eigenvalue weighted by Crippen LogP contribution is -2.45. The zero-order valence-electron chi connectivity index (χ0n) is 18.8. The maximum Gasteiger partial charge on any atom is 0.182 e. The Morgan fingerprint density at radius 3 is 2.29 bits per heavy atom. The van der Waals surface area contributed by atoms with Crippen molar-refractivity contribution in [1.82, 2.24) is 30.0 Å². The highest BCUT2D eigenvalue weighted by Gasteiger charge is 2.23. The summed E-state index contributed by atoms with van der Waals surface area (Å²) in [7, 11) is 0. The second-order valence-electron chi connectivity index (χ2n) is 9.13. The van der Waals surface area contributed by atoms with Crippen molar-refractivity contribution in [2.24, 2.45) is 0 Å². The third kappa shape index (κ3) is 5.46. The van der Waals surface area contributed by atoms with Crippen molar-refractivity contribution in [3.63, 3.8) is 0 Å². The van der Waals surface area contributed by atoms with Crippen LogP contribution in [0.5, 0.6) is 0 Å². The van der Waals surface area contributed by atoms with Crippen molar-refractivity contribution in [3.8, 4) is 11.4 Å². The molecule has 0 saturated carbocycles. The normalized spacial score (nSPS) is 16.2. The fraction of sp³-hybridized carbons (Fsp3) is 0.400. The first-order valence-electron chi connectivity index (χ1n) is 11.0. The summed E-state index contributed by atoms with van der Waals surface area (Å²) < 4.78 is 1.92. The van der Waals surface area contributed by atoms with Crippen molar-refractivity contribution < 1.29 is 0 Å². The van der Waals surface area contributed by atoms with Crippen LogP contribution in [0, 0.1) is 0 Å². The lowest BCUT2D eigenvalue weighted by atomic mass is 10.0. The van der Waals surface area contributed by atoms with Gasteiger partial charge in [-0.05, 0) is 42.3 Å². The molecule has 4 rings (SSSR count). The minimum atomic E-state index is -0.162. The Labute approximate surface area is 185 Å². The lowest BCUT2D eigenvalue weighted by Gasteiger charge is -2.34. The van der Waals surface area contributed by atoms with Crippen molar-refractivity contribution >= 4 is 6.08 Å². The van der Waals surface area contributed by atoms with Crippen LogP contribution in [0.1, 0.15) is 31.9 Å². The summed E-state index contributed by atoms with van der Waals surface area (Å²) in [5, 5.41) is 12.5. The van der Waals surface area contributed by atoms with Crippen molar-refractivity contribution in [2.45, 2.75) is 32.9 Å². The molecule has 0 amide bonds. The third-order valence-corrected chi connectivity index (χ3v) is 5.70. The van der Waals surface area contributed by atoms with Gasteiger partial charge < -0.3 is 0 Å². The number of hydrogen-bond donors (Lipinski definition) is 0. The summed E-state index contributed by atoms with van der Waals surface area (Å²) in [4.78, 5) is 5.05. The maximum absolute atomic E-state index is 4.34. The smallest absolute Gasteiger partial charge is 0.182 e. The van der Waals surface area contributed by atoms with E-state index in [9.17, 15) is 0 Å². The van der Waals surface area contributed by atoms with E-state index in [0.29, 0.717) is 0 Å². The van der Waals surface area contributed by atoms with Crippen LogP contribution < -0.4 is 0 Å². The molecule has 1 fully saturated rings. The van der Waals surface area contributed by atoms with Crippen LogP contribution in [0.4, 0.5) is 0 Å². The quantitative estimate of drug-likeness (QED) is 0.609. The van der Waals surface area contributed by atoms with Crippen LogP contribution in [0.15, 0.2) is 60.7 Å². The molecule has 1 aliphatic heterocycles. The second-order valence-corrected chi connectivity index (χ2v) is 9.13. The third-order valence-electron chi connectivity index (χ3n) is 5.70. The highest BCUT2D eigenvalue weighted by atomic mass is 15.6. The van der Waals surface area contributed by atoms with Crippen LogP contribution in [-0.2, 0) is 12.1 Å². The molecule has 6 heteroatoms. The molecule has 0 unspecified atom stereocenters. The molecule has 2 aromatic carbocycles. The Morgan fingerprint density at radius 1 is 0.871 bits per heavy atom. The fourth-order valence-electron chi connectivity index (χ4n) is 3.96. The van der Waals surface area contributed by atoms with E-state index in [1.807, 2.05) is 4.68 Å². The molecule has 0 N–H and O–H groups in total. The summed E-state index contributed by atoms with van der Waals surface area (Å²) in [6.07, 6.45) is 4.48. The Kier molecular flexibility index (Phi) is 6.59.